The predicted molar refractivity (Wildman–Crippen MR) is 124 cm³/mol. The Labute approximate surface area is 221 Å². The molecule has 40 heavy (non-hydrogen) atoms. The molecule has 10 atom stereocenters. The number of hydrogen-bond acceptors (Lipinski definition) is 17. The van der Waals surface area contributed by atoms with Gasteiger partial charge in [-0.25, -0.2) is 14.1 Å². The van der Waals surface area contributed by atoms with E-state index in [1.165, 1.54) is 0 Å². The van der Waals surface area contributed by atoms with E-state index in [2.05, 4.69) is 28.3 Å². The number of carbonyl (C=O) groups excluding carboxylic acids is 1. The monoisotopic (exact) mass is 617 g/mol. The summed E-state index contributed by atoms with van der Waals surface area (Å²) in [6.07, 6.45) is -13.8. The molecule has 0 aliphatic carbocycles. The number of imidazole rings is 1. The highest BCUT2D eigenvalue weighted by atomic mass is 31.3. The lowest BCUT2D eigenvalue weighted by molar-refractivity contribution is -0.231. The molecule has 0 radical (unpaired) electrons. The van der Waals surface area contributed by atoms with Crippen molar-refractivity contribution < 1.29 is 72.1 Å². The highest BCUT2D eigenvalue weighted by Gasteiger charge is 2.49. The topological polar surface area (TPSA) is 329 Å². The van der Waals surface area contributed by atoms with Crippen molar-refractivity contribution in [3.63, 3.8) is 0 Å². The van der Waals surface area contributed by atoms with Crippen LogP contribution in [0.25, 0.3) is 11.2 Å². The lowest BCUT2D eigenvalue weighted by atomic mass is 9.99. The molecule has 0 saturated carbocycles. The SMILES string of the molecule is Nc1nc2c(ncn2[C@@H]2O[C@H](COP(=O)(O)OP(=O)(O)O[C@H]3O[C@@H](CCO)C(=O)[C@@H](O)[C@@H]3O)[C@@H](O)[C@H]2O)c(=O)[nH]1. The number of aliphatic hydroxyl groups is 5. The number of phosphoric ester groups is 2. The largest absolute Gasteiger partial charge is 0.483 e. The second kappa shape index (κ2) is 11.6. The molecule has 23 heteroatoms. The normalized spacial score (nSPS) is 34.1. The van der Waals surface area contributed by atoms with Crippen molar-refractivity contribution in [1.82, 2.24) is 19.5 Å². The Hall–Kier alpha value is -2.20. The van der Waals surface area contributed by atoms with Gasteiger partial charge < -0.3 is 50.5 Å². The maximum absolute atomic E-state index is 12.3. The van der Waals surface area contributed by atoms with Gasteiger partial charge in [0.15, 0.2) is 29.5 Å². The summed E-state index contributed by atoms with van der Waals surface area (Å²) < 4.78 is 49.3. The van der Waals surface area contributed by atoms with Gasteiger partial charge in [0.1, 0.15) is 36.6 Å². The average Bonchev–Trinajstić information content (AvgIpc) is 3.39. The number of aromatic nitrogens is 4. The maximum Gasteiger partial charge on any atom is 0.483 e. The molecule has 0 amide bonds. The van der Waals surface area contributed by atoms with E-state index in [0.717, 1.165) is 10.9 Å². The third-order valence-corrected chi connectivity index (χ3v) is 8.41. The number of nitrogens with one attached hydrogen (secondary N) is 1. The molecule has 2 aliphatic heterocycles. The number of fused-ring (bicyclic) bond motifs is 1. The zero-order valence-corrected chi connectivity index (χ0v) is 21.7. The van der Waals surface area contributed by atoms with Gasteiger partial charge in [0, 0.05) is 13.0 Å². The van der Waals surface area contributed by atoms with Gasteiger partial charge in [-0.15, -0.1) is 0 Å². The zero-order chi connectivity index (χ0) is 29.6. The second-order valence-corrected chi connectivity index (χ2v) is 11.6. The first-order valence-electron chi connectivity index (χ1n) is 11.2. The summed E-state index contributed by atoms with van der Waals surface area (Å²) >= 11 is 0. The van der Waals surface area contributed by atoms with Gasteiger partial charge in [-0.2, -0.15) is 9.29 Å². The molecule has 2 saturated heterocycles. The van der Waals surface area contributed by atoms with Crippen LogP contribution in [0.2, 0.25) is 0 Å². The van der Waals surface area contributed by atoms with Crippen LogP contribution in [0.5, 0.6) is 0 Å². The van der Waals surface area contributed by atoms with Gasteiger partial charge in [-0.05, 0) is 0 Å². The third-order valence-electron chi connectivity index (χ3n) is 5.81. The number of ether oxygens (including phenoxy) is 2. The van der Waals surface area contributed by atoms with Crippen molar-refractivity contribution in [3.8, 4) is 0 Å². The molecule has 2 fully saturated rings. The first-order valence-corrected chi connectivity index (χ1v) is 14.2. The molecule has 4 heterocycles. The molecule has 2 unspecified atom stereocenters. The number of nitrogen functional groups attached to an aromatic ring is 1. The second-order valence-electron chi connectivity index (χ2n) is 8.58. The van der Waals surface area contributed by atoms with Gasteiger partial charge in [-0.3, -0.25) is 28.2 Å². The summed E-state index contributed by atoms with van der Waals surface area (Å²) in [6.45, 7) is -1.59. The lowest BCUT2D eigenvalue weighted by Gasteiger charge is -2.35. The number of aliphatic hydroxyl groups excluding tert-OH is 5. The number of ketones is 1. The minimum Gasteiger partial charge on any atom is -0.396 e. The quantitative estimate of drug-likeness (QED) is 0.115. The Bertz CT molecular complexity index is 1400. The van der Waals surface area contributed by atoms with E-state index < -0.39 is 89.3 Å². The van der Waals surface area contributed by atoms with Gasteiger partial charge in [0.2, 0.25) is 5.95 Å². The van der Waals surface area contributed by atoms with E-state index in [9.17, 15) is 48.9 Å². The van der Waals surface area contributed by atoms with Crippen LogP contribution in [0.15, 0.2) is 11.1 Å². The summed E-state index contributed by atoms with van der Waals surface area (Å²) in [5, 5.41) is 49.5. The Morgan fingerprint density at radius 3 is 2.45 bits per heavy atom. The van der Waals surface area contributed by atoms with Crippen LogP contribution in [0, 0.1) is 0 Å². The standard InChI is InChI=1S/C17H25N5O16P2/c18-17-20-13-7(14(29)21-17)19-4-22(13)15-11(27)9(25)6(35-15)3-34-39(30,31)38-40(32,33)37-16-12(28)10(26)8(24)5(36-16)1-2-23/h4-6,9-12,15-16,23,25-28H,1-3H2,(H,30,31)(H,32,33)(H3,18,20,21,29)/t5-,6+,9+,10+,11+,12-,15+,16+/m0/s1. The van der Waals surface area contributed by atoms with Crippen LogP contribution in [0.3, 0.4) is 0 Å². The van der Waals surface area contributed by atoms with E-state index in [-0.39, 0.29) is 23.5 Å². The van der Waals surface area contributed by atoms with Crippen molar-refractivity contribution >= 4 is 38.5 Å². The fourth-order valence-corrected chi connectivity index (χ4v) is 6.09. The summed E-state index contributed by atoms with van der Waals surface area (Å²) in [5.41, 5.74) is 4.54. The van der Waals surface area contributed by atoms with Gasteiger partial charge in [0.25, 0.3) is 5.56 Å². The summed E-state index contributed by atoms with van der Waals surface area (Å²) in [7, 11) is -11.1. The zero-order valence-electron chi connectivity index (χ0n) is 19.9. The maximum atomic E-state index is 12.3. The molecule has 2 aromatic heterocycles. The first-order chi connectivity index (χ1) is 18.6. The smallest absolute Gasteiger partial charge is 0.396 e. The number of nitrogens with two attached hydrogens (primary N) is 1. The Kier molecular flexibility index (Phi) is 8.91. The Morgan fingerprint density at radius 1 is 1.07 bits per heavy atom. The molecule has 224 valence electrons. The summed E-state index contributed by atoms with van der Waals surface area (Å²) in [5.74, 6) is -1.33. The number of aromatic amines is 1. The molecule has 21 nitrogen and oxygen atoms in total. The van der Waals surface area contributed by atoms with Crippen LogP contribution >= 0.6 is 15.6 Å². The third kappa shape index (κ3) is 6.32. The minimum atomic E-state index is -5.61. The van der Waals surface area contributed by atoms with Crippen molar-refractivity contribution in [1.29, 1.82) is 0 Å². The predicted octanol–water partition coefficient (Wildman–Crippen LogP) is -4.03. The number of rotatable bonds is 10. The van der Waals surface area contributed by atoms with Crippen molar-refractivity contribution in [2.75, 3.05) is 18.9 Å². The van der Waals surface area contributed by atoms with Crippen LogP contribution in [-0.4, -0.2) is 117 Å². The van der Waals surface area contributed by atoms with Gasteiger partial charge in [0.05, 0.1) is 12.9 Å². The number of H-pyrrole nitrogens is 1. The van der Waals surface area contributed by atoms with Gasteiger partial charge >= 0.3 is 15.6 Å². The number of carbonyl (C=O) groups is 1. The van der Waals surface area contributed by atoms with E-state index >= 15 is 0 Å². The number of nitrogens with zero attached hydrogens (tertiary/aromatic N) is 3. The number of anilines is 1. The average molecular weight is 617 g/mol. The first kappa shape index (κ1) is 30.8. The highest BCUT2D eigenvalue weighted by Crippen LogP contribution is 2.61. The Balaban J connectivity index is 1.39. The van der Waals surface area contributed by atoms with E-state index in [0.29, 0.717) is 0 Å². The van der Waals surface area contributed by atoms with Crippen molar-refractivity contribution in [3.05, 3.63) is 16.7 Å². The highest BCUT2D eigenvalue weighted by molar-refractivity contribution is 7.61. The molecule has 0 aromatic carbocycles. The molecular formula is C17H25N5O16P2. The molecule has 4 rings (SSSR count). The Morgan fingerprint density at radius 2 is 1.77 bits per heavy atom. The van der Waals surface area contributed by atoms with Crippen LogP contribution in [0.4, 0.5) is 5.95 Å². The van der Waals surface area contributed by atoms with Gasteiger partial charge in [-0.1, -0.05) is 0 Å². The molecule has 2 aromatic rings. The van der Waals surface area contributed by atoms with Crippen molar-refractivity contribution in [2.45, 2.75) is 55.6 Å². The fourth-order valence-electron chi connectivity index (χ4n) is 3.93. The minimum absolute atomic E-state index is 0.117. The molecule has 0 spiro atoms. The fraction of sp³-hybridized carbons (Fsp3) is 0.647. The summed E-state index contributed by atoms with van der Waals surface area (Å²) in [6, 6.07) is 0. The number of phosphoric acid groups is 2. The molecule has 0 bridgehead atoms. The summed E-state index contributed by atoms with van der Waals surface area (Å²) in [4.78, 5) is 53.6. The van der Waals surface area contributed by atoms with Crippen molar-refractivity contribution in [2.24, 2.45) is 0 Å². The van der Waals surface area contributed by atoms with E-state index in [1.807, 2.05) is 0 Å². The molecular weight excluding hydrogens is 592 g/mol. The number of hydrogen-bond donors (Lipinski definition) is 9. The molecule has 10 N–H and O–H groups in total. The van der Waals surface area contributed by atoms with E-state index in [1.54, 1.807) is 0 Å². The van der Waals surface area contributed by atoms with Crippen LogP contribution in [-0.2, 0) is 36.8 Å². The van der Waals surface area contributed by atoms with E-state index in [4.69, 9.17) is 20.3 Å². The number of Topliss-reactive ketones (excluding diaryl/α,β-unsaturated/α-hetero) is 1. The van der Waals surface area contributed by atoms with Crippen LogP contribution in [0.1, 0.15) is 12.6 Å². The molecule has 2 aliphatic rings. The lowest BCUT2D eigenvalue weighted by Crippen LogP contribution is -2.55. The van der Waals surface area contributed by atoms with Crippen LogP contribution < -0.4 is 11.3 Å².